The molecule has 20 heavy (non-hydrogen) atoms. The van der Waals surface area contributed by atoms with E-state index in [1.165, 1.54) is 5.56 Å². The summed E-state index contributed by atoms with van der Waals surface area (Å²) in [6, 6.07) is 10.6. The average Bonchev–Trinajstić information content (AvgIpc) is 2.63. The Morgan fingerprint density at radius 2 is 1.90 bits per heavy atom. The van der Waals surface area contributed by atoms with Gasteiger partial charge in [0.25, 0.3) is 0 Å². The average molecular weight is 293 g/mol. The highest BCUT2D eigenvalue weighted by atomic mass is 35.5. The third kappa shape index (κ3) is 2.71. The lowest BCUT2D eigenvalue weighted by Gasteiger charge is -2.41. The second kappa shape index (κ2) is 5.40. The van der Waals surface area contributed by atoms with E-state index in [0.717, 1.165) is 18.7 Å². The molecular formula is C17H25ClN2. The van der Waals surface area contributed by atoms with Gasteiger partial charge in [0.1, 0.15) is 4.87 Å². The molecule has 0 amide bonds. The SMILES string of the molecule is CCC1=NN(C)CC1(Cl)C(c1ccccc1)C(C)(C)C. The molecular weight excluding hydrogens is 268 g/mol. The largest absolute Gasteiger partial charge is 0.298 e. The van der Waals surface area contributed by atoms with Crippen molar-refractivity contribution in [1.82, 2.24) is 5.01 Å². The molecule has 2 unspecified atom stereocenters. The van der Waals surface area contributed by atoms with Gasteiger partial charge in [0.15, 0.2) is 0 Å². The molecule has 3 heteroatoms. The van der Waals surface area contributed by atoms with Crippen LogP contribution in [-0.4, -0.2) is 29.2 Å². The van der Waals surface area contributed by atoms with Crippen LogP contribution >= 0.6 is 11.6 Å². The number of hydrogen-bond acceptors (Lipinski definition) is 2. The van der Waals surface area contributed by atoms with Crippen LogP contribution in [0.25, 0.3) is 0 Å². The summed E-state index contributed by atoms with van der Waals surface area (Å²) in [7, 11) is 2.00. The Morgan fingerprint density at radius 1 is 1.30 bits per heavy atom. The quantitative estimate of drug-likeness (QED) is 0.749. The zero-order valence-electron chi connectivity index (χ0n) is 13.2. The molecule has 0 saturated heterocycles. The maximum absolute atomic E-state index is 7.14. The van der Waals surface area contributed by atoms with Gasteiger partial charge in [-0.3, -0.25) is 5.01 Å². The smallest absolute Gasteiger partial charge is 0.111 e. The first-order chi connectivity index (χ1) is 9.29. The summed E-state index contributed by atoms with van der Waals surface area (Å²) in [5, 5.41) is 6.62. The Hall–Kier alpha value is -1.02. The Balaban J connectivity index is 2.51. The summed E-state index contributed by atoms with van der Waals surface area (Å²) in [6.07, 6.45) is 0.896. The van der Waals surface area contributed by atoms with Crippen LogP contribution in [0.2, 0.25) is 0 Å². The van der Waals surface area contributed by atoms with Gasteiger partial charge in [0.2, 0.25) is 0 Å². The fourth-order valence-corrected chi connectivity index (χ4v) is 4.27. The topological polar surface area (TPSA) is 15.6 Å². The van der Waals surface area contributed by atoms with Crippen LogP contribution in [0.5, 0.6) is 0 Å². The van der Waals surface area contributed by atoms with Gasteiger partial charge in [-0.1, -0.05) is 58.0 Å². The lowest BCUT2D eigenvalue weighted by atomic mass is 9.67. The highest BCUT2D eigenvalue weighted by Gasteiger charge is 2.50. The van der Waals surface area contributed by atoms with Crippen molar-refractivity contribution < 1.29 is 0 Å². The molecule has 0 saturated carbocycles. The van der Waals surface area contributed by atoms with Crippen molar-refractivity contribution in [3.05, 3.63) is 35.9 Å². The summed E-state index contributed by atoms with van der Waals surface area (Å²) in [5.74, 6) is 0.238. The van der Waals surface area contributed by atoms with E-state index >= 15 is 0 Å². The molecule has 2 rings (SSSR count). The van der Waals surface area contributed by atoms with E-state index in [-0.39, 0.29) is 11.3 Å². The summed E-state index contributed by atoms with van der Waals surface area (Å²) in [6.45, 7) is 9.70. The van der Waals surface area contributed by atoms with Gasteiger partial charge in [-0.05, 0) is 17.4 Å². The predicted octanol–water partition coefficient (Wildman–Crippen LogP) is 4.51. The van der Waals surface area contributed by atoms with E-state index < -0.39 is 4.87 Å². The highest BCUT2D eigenvalue weighted by Crippen LogP contribution is 2.49. The van der Waals surface area contributed by atoms with E-state index in [4.69, 9.17) is 11.6 Å². The maximum atomic E-state index is 7.14. The van der Waals surface area contributed by atoms with Crippen molar-refractivity contribution >= 4 is 17.3 Å². The van der Waals surface area contributed by atoms with Crippen molar-refractivity contribution in [3.8, 4) is 0 Å². The van der Waals surface area contributed by atoms with Crippen molar-refractivity contribution in [2.45, 2.75) is 44.9 Å². The van der Waals surface area contributed by atoms with Crippen molar-refractivity contribution in [3.63, 3.8) is 0 Å². The van der Waals surface area contributed by atoms with Gasteiger partial charge in [0.05, 0.1) is 12.3 Å². The van der Waals surface area contributed by atoms with E-state index in [9.17, 15) is 0 Å². The minimum atomic E-state index is -0.414. The fourth-order valence-electron chi connectivity index (χ4n) is 3.47. The predicted molar refractivity (Wildman–Crippen MR) is 87.6 cm³/mol. The molecule has 1 heterocycles. The highest BCUT2D eigenvalue weighted by molar-refractivity contribution is 6.37. The molecule has 0 aromatic heterocycles. The molecule has 0 aliphatic carbocycles. The zero-order valence-corrected chi connectivity index (χ0v) is 13.9. The first-order valence-electron chi connectivity index (χ1n) is 7.32. The molecule has 0 fully saturated rings. The van der Waals surface area contributed by atoms with E-state index in [2.05, 4.69) is 63.1 Å². The number of rotatable bonds is 3. The van der Waals surface area contributed by atoms with Crippen molar-refractivity contribution in [2.75, 3.05) is 13.6 Å². The Labute approximate surface area is 127 Å². The van der Waals surface area contributed by atoms with Gasteiger partial charge in [-0.25, -0.2) is 0 Å². The summed E-state index contributed by atoms with van der Waals surface area (Å²) < 4.78 is 0. The summed E-state index contributed by atoms with van der Waals surface area (Å²) in [5.41, 5.74) is 2.47. The van der Waals surface area contributed by atoms with Crippen LogP contribution in [0.15, 0.2) is 35.4 Å². The standard InChI is InChI=1S/C17H25ClN2/c1-6-14-17(18,12-20(5)19-14)15(16(2,3)4)13-10-8-7-9-11-13/h7-11,15H,6,12H2,1-5H3. The minimum Gasteiger partial charge on any atom is -0.298 e. The number of nitrogens with zero attached hydrogens (tertiary/aromatic N) is 2. The van der Waals surface area contributed by atoms with Crippen LogP contribution in [0.4, 0.5) is 0 Å². The molecule has 0 radical (unpaired) electrons. The molecule has 1 aromatic rings. The Bertz CT molecular complexity index is 489. The van der Waals surface area contributed by atoms with Gasteiger partial charge in [0, 0.05) is 13.0 Å². The van der Waals surface area contributed by atoms with Crippen molar-refractivity contribution in [1.29, 1.82) is 0 Å². The number of hydrazone groups is 1. The molecule has 0 bridgehead atoms. The molecule has 1 aromatic carbocycles. The molecule has 1 aliphatic heterocycles. The first-order valence-corrected chi connectivity index (χ1v) is 7.69. The Kier molecular flexibility index (Phi) is 4.15. The lowest BCUT2D eigenvalue weighted by molar-refractivity contribution is 0.259. The van der Waals surface area contributed by atoms with Crippen LogP contribution in [-0.2, 0) is 0 Å². The fraction of sp³-hybridized carbons (Fsp3) is 0.588. The molecule has 2 nitrogen and oxygen atoms in total. The van der Waals surface area contributed by atoms with Crippen LogP contribution in [0, 0.1) is 5.41 Å². The first kappa shape index (κ1) is 15.4. The van der Waals surface area contributed by atoms with E-state index in [0.29, 0.717) is 0 Å². The summed E-state index contributed by atoms with van der Waals surface area (Å²) in [4.78, 5) is -0.414. The van der Waals surface area contributed by atoms with Crippen molar-refractivity contribution in [2.24, 2.45) is 10.5 Å². The van der Waals surface area contributed by atoms with Gasteiger partial charge >= 0.3 is 0 Å². The van der Waals surface area contributed by atoms with Crippen LogP contribution < -0.4 is 0 Å². The molecule has 110 valence electrons. The normalized spacial score (nSPS) is 24.7. The third-order valence-corrected chi connectivity index (χ3v) is 4.58. The number of hydrogen-bond donors (Lipinski definition) is 0. The lowest BCUT2D eigenvalue weighted by Crippen LogP contribution is -2.46. The maximum Gasteiger partial charge on any atom is 0.111 e. The van der Waals surface area contributed by atoms with Crippen LogP contribution in [0.1, 0.15) is 45.6 Å². The minimum absolute atomic E-state index is 0.0736. The Morgan fingerprint density at radius 3 is 2.40 bits per heavy atom. The molecule has 2 atom stereocenters. The second-order valence-corrected chi connectivity index (χ2v) is 7.46. The monoisotopic (exact) mass is 292 g/mol. The van der Waals surface area contributed by atoms with Gasteiger partial charge < -0.3 is 0 Å². The zero-order chi connectivity index (χ0) is 15.0. The van der Waals surface area contributed by atoms with E-state index in [1.54, 1.807) is 0 Å². The molecule has 1 aliphatic rings. The molecule has 0 spiro atoms. The van der Waals surface area contributed by atoms with E-state index in [1.807, 2.05) is 12.1 Å². The second-order valence-electron chi connectivity index (χ2n) is 6.79. The summed E-state index contributed by atoms with van der Waals surface area (Å²) >= 11 is 7.14. The molecule has 0 N–H and O–H groups in total. The third-order valence-electron chi connectivity index (χ3n) is 4.02. The van der Waals surface area contributed by atoms with Crippen LogP contribution in [0.3, 0.4) is 0 Å². The number of benzene rings is 1. The number of halogens is 1. The van der Waals surface area contributed by atoms with Gasteiger partial charge in [-0.2, -0.15) is 5.10 Å². The van der Waals surface area contributed by atoms with Gasteiger partial charge in [-0.15, -0.1) is 11.6 Å². The number of alkyl halides is 1.